The number of alkyl halides is 3. The number of hydrogen-bond donors (Lipinski definition) is 0. The lowest BCUT2D eigenvalue weighted by molar-refractivity contribution is -0.210. The summed E-state index contributed by atoms with van der Waals surface area (Å²) in [6, 6.07) is 16.3. The summed E-state index contributed by atoms with van der Waals surface area (Å²) >= 11 is 5.80. The molecule has 22 heavy (non-hydrogen) atoms. The minimum atomic E-state index is -4.59. The van der Waals surface area contributed by atoms with Gasteiger partial charge in [0, 0.05) is 16.1 Å². The van der Waals surface area contributed by atoms with Crippen LogP contribution in [0.2, 0.25) is 5.02 Å². The van der Waals surface area contributed by atoms with E-state index in [0.717, 1.165) is 0 Å². The molecule has 2 nitrogen and oxygen atoms in total. The Morgan fingerprint density at radius 2 is 1.50 bits per heavy atom. The molecule has 3 rings (SSSR count). The van der Waals surface area contributed by atoms with Crippen molar-refractivity contribution in [3.63, 3.8) is 0 Å². The number of benzene rings is 2. The Balaban J connectivity index is 2.15. The molecule has 6 heteroatoms. The van der Waals surface area contributed by atoms with E-state index in [1.165, 1.54) is 6.07 Å². The van der Waals surface area contributed by atoms with Crippen molar-refractivity contribution in [3.05, 3.63) is 65.7 Å². The van der Waals surface area contributed by atoms with Crippen LogP contribution < -0.4 is 0 Å². The molecule has 0 spiro atoms. The maximum atomic E-state index is 13.2. The Hall–Kier alpha value is -2.27. The standard InChI is InChI=1S/C16H10ClF3N2/c17-13-8-6-11(7-9-13)14-10-15(12-4-2-1-3-5-12)22(21-14)16(18,19)20/h1-10H. The van der Waals surface area contributed by atoms with Gasteiger partial charge in [-0.1, -0.05) is 54.1 Å². The number of hydrogen-bond acceptors (Lipinski definition) is 1. The van der Waals surface area contributed by atoms with E-state index in [0.29, 0.717) is 16.1 Å². The van der Waals surface area contributed by atoms with Crippen LogP contribution in [0.3, 0.4) is 0 Å². The molecule has 0 aliphatic heterocycles. The van der Waals surface area contributed by atoms with Gasteiger partial charge in [-0.2, -0.15) is 9.78 Å². The summed E-state index contributed by atoms with van der Waals surface area (Å²) in [6.45, 7) is 0. The van der Waals surface area contributed by atoms with Gasteiger partial charge in [0.1, 0.15) is 0 Å². The first-order valence-electron chi connectivity index (χ1n) is 6.44. The minimum absolute atomic E-state index is 0.00181. The molecule has 0 radical (unpaired) electrons. The second-order valence-electron chi connectivity index (χ2n) is 4.67. The molecule has 0 fully saturated rings. The zero-order valence-electron chi connectivity index (χ0n) is 11.2. The highest BCUT2D eigenvalue weighted by Crippen LogP contribution is 2.33. The van der Waals surface area contributed by atoms with Crippen molar-refractivity contribution >= 4 is 11.6 Å². The smallest absolute Gasteiger partial charge is 0.170 e. The van der Waals surface area contributed by atoms with Crippen LogP contribution in [-0.4, -0.2) is 9.78 Å². The third-order valence-electron chi connectivity index (χ3n) is 3.16. The first-order valence-corrected chi connectivity index (χ1v) is 6.81. The predicted octanol–water partition coefficient (Wildman–Crippen LogP) is 5.35. The van der Waals surface area contributed by atoms with Gasteiger partial charge in [0.05, 0.1) is 11.4 Å². The van der Waals surface area contributed by atoms with Crippen LogP contribution in [-0.2, 0) is 6.30 Å². The zero-order chi connectivity index (χ0) is 15.7. The molecule has 0 N–H and O–H groups in total. The molecule has 2 aromatic carbocycles. The SMILES string of the molecule is FC(F)(F)n1nc(-c2ccc(Cl)cc2)cc1-c1ccccc1. The number of halogens is 4. The monoisotopic (exact) mass is 322 g/mol. The average molecular weight is 323 g/mol. The molecule has 0 saturated heterocycles. The van der Waals surface area contributed by atoms with E-state index in [4.69, 9.17) is 11.6 Å². The minimum Gasteiger partial charge on any atom is -0.170 e. The molecular formula is C16H10ClF3N2. The van der Waals surface area contributed by atoms with Crippen LogP contribution >= 0.6 is 11.6 Å². The lowest BCUT2D eigenvalue weighted by Crippen LogP contribution is -2.19. The van der Waals surface area contributed by atoms with Crippen LogP contribution in [0.1, 0.15) is 0 Å². The molecule has 0 atom stereocenters. The van der Waals surface area contributed by atoms with Crippen molar-refractivity contribution in [1.29, 1.82) is 0 Å². The summed E-state index contributed by atoms with van der Waals surface area (Å²) in [5, 5.41) is 4.22. The van der Waals surface area contributed by atoms with E-state index in [1.54, 1.807) is 54.6 Å². The fraction of sp³-hybridized carbons (Fsp3) is 0.0625. The Kier molecular flexibility index (Phi) is 3.66. The molecule has 112 valence electrons. The highest BCUT2D eigenvalue weighted by atomic mass is 35.5. The third kappa shape index (κ3) is 2.85. The highest BCUT2D eigenvalue weighted by molar-refractivity contribution is 6.30. The topological polar surface area (TPSA) is 17.8 Å². The molecule has 3 aromatic rings. The summed E-state index contributed by atoms with van der Waals surface area (Å²) in [4.78, 5) is 0. The van der Waals surface area contributed by atoms with Crippen LogP contribution in [0.25, 0.3) is 22.5 Å². The van der Waals surface area contributed by atoms with Gasteiger partial charge in [-0.15, -0.1) is 13.2 Å². The zero-order valence-corrected chi connectivity index (χ0v) is 11.9. The lowest BCUT2D eigenvalue weighted by atomic mass is 10.1. The van der Waals surface area contributed by atoms with Crippen molar-refractivity contribution in [2.24, 2.45) is 0 Å². The molecular weight excluding hydrogens is 313 g/mol. The van der Waals surface area contributed by atoms with Gasteiger partial charge in [-0.25, -0.2) is 0 Å². The van der Waals surface area contributed by atoms with Gasteiger partial charge < -0.3 is 0 Å². The van der Waals surface area contributed by atoms with E-state index in [1.807, 2.05) is 0 Å². The van der Waals surface area contributed by atoms with E-state index >= 15 is 0 Å². The van der Waals surface area contributed by atoms with E-state index in [-0.39, 0.29) is 16.1 Å². The second kappa shape index (κ2) is 5.50. The highest BCUT2D eigenvalue weighted by Gasteiger charge is 2.35. The van der Waals surface area contributed by atoms with Crippen molar-refractivity contribution in [2.45, 2.75) is 6.30 Å². The summed E-state index contributed by atoms with van der Waals surface area (Å²) in [5.41, 5.74) is 1.27. The fourth-order valence-electron chi connectivity index (χ4n) is 2.15. The predicted molar refractivity (Wildman–Crippen MR) is 79.4 cm³/mol. The first-order chi connectivity index (χ1) is 10.4. The van der Waals surface area contributed by atoms with Crippen molar-refractivity contribution in [1.82, 2.24) is 9.78 Å². The molecule has 0 aliphatic carbocycles. The van der Waals surface area contributed by atoms with Crippen LogP contribution in [0.15, 0.2) is 60.7 Å². The van der Waals surface area contributed by atoms with Gasteiger partial charge in [-0.3, -0.25) is 0 Å². The lowest BCUT2D eigenvalue weighted by Gasteiger charge is -2.10. The van der Waals surface area contributed by atoms with Gasteiger partial charge in [0.2, 0.25) is 0 Å². The Bertz CT molecular complexity index is 777. The molecule has 1 aromatic heterocycles. The van der Waals surface area contributed by atoms with Crippen molar-refractivity contribution in [2.75, 3.05) is 0 Å². The molecule has 0 aliphatic rings. The molecule has 0 amide bonds. The fourth-order valence-corrected chi connectivity index (χ4v) is 2.28. The Morgan fingerprint density at radius 1 is 0.864 bits per heavy atom. The first kappa shape index (κ1) is 14.7. The summed E-state index contributed by atoms with van der Waals surface area (Å²) < 4.78 is 39.7. The quantitative estimate of drug-likeness (QED) is 0.622. The summed E-state index contributed by atoms with van der Waals surface area (Å²) in [7, 11) is 0. The van der Waals surface area contributed by atoms with Crippen LogP contribution in [0.5, 0.6) is 0 Å². The van der Waals surface area contributed by atoms with Crippen LogP contribution in [0, 0.1) is 0 Å². The number of rotatable bonds is 2. The second-order valence-corrected chi connectivity index (χ2v) is 5.10. The largest absolute Gasteiger partial charge is 0.505 e. The molecule has 0 saturated carbocycles. The Labute approximate surface area is 129 Å². The van der Waals surface area contributed by atoms with Gasteiger partial charge in [0.15, 0.2) is 0 Å². The van der Waals surface area contributed by atoms with Gasteiger partial charge >= 0.3 is 6.30 Å². The molecule has 0 unspecified atom stereocenters. The summed E-state index contributed by atoms with van der Waals surface area (Å²) in [6.07, 6.45) is -4.59. The van der Waals surface area contributed by atoms with E-state index in [9.17, 15) is 13.2 Å². The van der Waals surface area contributed by atoms with Gasteiger partial charge in [-0.05, 0) is 18.2 Å². The summed E-state index contributed by atoms with van der Waals surface area (Å²) in [5.74, 6) is 0. The van der Waals surface area contributed by atoms with Gasteiger partial charge in [0.25, 0.3) is 0 Å². The van der Waals surface area contributed by atoms with Crippen LogP contribution in [0.4, 0.5) is 13.2 Å². The molecule has 1 heterocycles. The Morgan fingerprint density at radius 3 is 2.09 bits per heavy atom. The maximum absolute atomic E-state index is 13.2. The molecule has 0 bridgehead atoms. The maximum Gasteiger partial charge on any atom is 0.505 e. The average Bonchev–Trinajstić information content (AvgIpc) is 2.94. The van der Waals surface area contributed by atoms with Crippen molar-refractivity contribution < 1.29 is 13.2 Å². The van der Waals surface area contributed by atoms with E-state index < -0.39 is 6.30 Å². The third-order valence-corrected chi connectivity index (χ3v) is 3.41. The number of aromatic nitrogens is 2. The number of nitrogens with zero attached hydrogens (tertiary/aromatic N) is 2. The normalized spacial score (nSPS) is 11.6. The van der Waals surface area contributed by atoms with Crippen molar-refractivity contribution in [3.8, 4) is 22.5 Å². The van der Waals surface area contributed by atoms with E-state index in [2.05, 4.69) is 5.10 Å².